The van der Waals surface area contributed by atoms with Gasteiger partial charge in [0.1, 0.15) is 6.04 Å². The Morgan fingerprint density at radius 2 is 2.38 bits per heavy atom. The van der Waals surface area contributed by atoms with Crippen LogP contribution in [0, 0.1) is 5.92 Å². The minimum atomic E-state index is -0.299. The van der Waals surface area contributed by atoms with Crippen molar-refractivity contribution in [1.82, 2.24) is 15.5 Å². The predicted octanol–water partition coefficient (Wildman–Crippen LogP) is -0.667. The standard InChI is InChI=1S/C11H19N3O2/c1-14-5-4-8(7-14)6-12-11(16)9-2-3-10(15)13-9/h8-9H,2-7H2,1H3,(H,12,16)(H,13,15). The number of nitrogens with zero attached hydrogens (tertiary/aromatic N) is 1. The van der Waals surface area contributed by atoms with Crippen molar-refractivity contribution in [1.29, 1.82) is 0 Å². The minimum absolute atomic E-state index is 0.0132. The third-order valence-electron chi connectivity index (χ3n) is 3.37. The number of carbonyl (C=O) groups excluding carboxylic acids is 2. The summed E-state index contributed by atoms with van der Waals surface area (Å²) in [7, 11) is 2.10. The zero-order valence-corrected chi connectivity index (χ0v) is 9.66. The summed E-state index contributed by atoms with van der Waals surface area (Å²) in [6.07, 6.45) is 2.26. The number of carbonyl (C=O) groups is 2. The topological polar surface area (TPSA) is 61.4 Å². The molecule has 0 aromatic heterocycles. The Balaban J connectivity index is 1.69. The molecule has 5 heteroatoms. The summed E-state index contributed by atoms with van der Waals surface area (Å²) in [4.78, 5) is 24.9. The fourth-order valence-corrected chi connectivity index (χ4v) is 2.37. The largest absolute Gasteiger partial charge is 0.354 e. The highest BCUT2D eigenvalue weighted by Crippen LogP contribution is 2.13. The van der Waals surface area contributed by atoms with Crippen LogP contribution < -0.4 is 10.6 Å². The highest BCUT2D eigenvalue weighted by molar-refractivity contribution is 5.90. The van der Waals surface area contributed by atoms with Crippen LogP contribution in [-0.2, 0) is 9.59 Å². The molecule has 2 amide bonds. The molecule has 2 saturated heterocycles. The van der Waals surface area contributed by atoms with E-state index in [9.17, 15) is 9.59 Å². The number of nitrogens with one attached hydrogen (secondary N) is 2. The number of hydrogen-bond donors (Lipinski definition) is 2. The molecule has 0 spiro atoms. The van der Waals surface area contributed by atoms with Gasteiger partial charge in [-0.1, -0.05) is 0 Å². The van der Waals surface area contributed by atoms with Crippen LogP contribution >= 0.6 is 0 Å². The highest BCUT2D eigenvalue weighted by atomic mass is 16.2. The lowest BCUT2D eigenvalue weighted by atomic mass is 10.1. The fourth-order valence-electron chi connectivity index (χ4n) is 2.37. The molecular weight excluding hydrogens is 206 g/mol. The average Bonchev–Trinajstić information content (AvgIpc) is 2.84. The van der Waals surface area contributed by atoms with E-state index in [1.54, 1.807) is 0 Å². The zero-order valence-electron chi connectivity index (χ0n) is 9.66. The third-order valence-corrected chi connectivity index (χ3v) is 3.37. The van der Waals surface area contributed by atoms with Gasteiger partial charge in [0.05, 0.1) is 0 Å². The van der Waals surface area contributed by atoms with Gasteiger partial charge in [0.2, 0.25) is 11.8 Å². The van der Waals surface area contributed by atoms with E-state index >= 15 is 0 Å². The van der Waals surface area contributed by atoms with E-state index in [0.717, 1.165) is 26.1 Å². The molecule has 2 N–H and O–H groups in total. The van der Waals surface area contributed by atoms with Crippen LogP contribution in [0.25, 0.3) is 0 Å². The van der Waals surface area contributed by atoms with Crippen LogP contribution in [0.3, 0.4) is 0 Å². The van der Waals surface area contributed by atoms with E-state index in [1.165, 1.54) is 0 Å². The molecule has 0 saturated carbocycles. The Kier molecular flexibility index (Phi) is 3.43. The number of rotatable bonds is 3. The molecule has 2 aliphatic heterocycles. The Hall–Kier alpha value is -1.10. The lowest BCUT2D eigenvalue weighted by Gasteiger charge is -2.14. The van der Waals surface area contributed by atoms with Crippen LogP contribution in [0.1, 0.15) is 19.3 Å². The lowest BCUT2D eigenvalue weighted by Crippen LogP contribution is -2.43. The van der Waals surface area contributed by atoms with Gasteiger partial charge in [-0.25, -0.2) is 0 Å². The van der Waals surface area contributed by atoms with Crippen LogP contribution in [0.2, 0.25) is 0 Å². The van der Waals surface area contributed by atoms with Crippen molar-refractivity contribution in [3.05, 3.63) is 0 Å². The summed E-state index contributed by atoms with van der Waals surface area (Å²) >= 11 is 0. The third kappa shape index (κ3) is 2.72. The molecule has 0 aliphatic carbocycles. The van der Waals surface area contributed by atoms with Crippen LogP contribution in [-0.4, -0.2) is 49.4 Å². The van der Waals surface area contributed by atoms with Crippen LogP contribution in [0.5, 0.6) is 0 Å². The van der Waals surface area contributed by atoms with Gasteiger partial charge in [-0.15, -0.1) is 0 Å². The Morgan fingerprint density at radius 1 is 1.56 bits per heavy atom. The summed E-state index contributed by atoms with van der Waals surface area (Å²) in [5.41, 5.74) is 0. The van der Waals surface area contributed by atoms with Gasteiger partial charge >= 0.3 is 0 Å². The number of hydrogen-bond acceptors (Lipinski definition) is 3. The van der Waals surface area contributed by atoms with Crippen molar-refractivity contribution in [2.75, 3.05) is 26.7 Å². The Morgan fingerprint density at radius 3 is 2.94 bits per heavy atom. The van der Waals surface area contributed by atoms with Gasteiger partial charge in [0, 0.05) is 19.5 Å². The first-order valence-corrected chi connectivity index (χ1v) is 5.91. The van der Waals surface area contributed by atoms with Crippen molar-refractivity contribution in [3.8, 4) is 0 Å². The van der Waals surface area contributed by atoms with E-state index < -0.39 is 0 Å². The molecule has 5 nitrogen and oxygen atoms in total. The van der Waals surface area contributed by atoms with Crippen molar-refractivity contribution >= 4 is 11.8 Å². The van der Waals surface area contributed by atoms with E-state index in [-0.39, 0.29) is 17.9 Å². The van der Waals surface area contributed by atoms with Crippen molar-refractivity contribution in [3.63, 3.8) is 0 Å². The maximum Gasteiger partial charge on any atom is 0.242 e. The quantitative estimate of drug-likeness (QED) is 0.670. The molecule has 2 fully saturated rings. The van der Waals surface area contributed by atoms with Gasteiger partial charge in [-0.2, -0.15) is 0 Å². The normalized spacial score (nSPS) is 30.4. The van der Waals surface area contributed by atoms with Gasteiger partial charge in [0.25, 0.3) is 0 Å². The van der Waals surface area contributed by atoms with Crippen molar-refractivity contribution < 1.29 is 9.59 Å². The monoisotopic (exact) mass is 225 g/mol. The molecule has 0 aromatic carbocycles. The maximum atomic E-state index is 11.7. The minimum Gasteiger partial charge on any atom is -0.354 e. The first kappa shape index (κ1) is 11.4. The molecular formula is C11H19N3O2. The molecule has 2 aliphatic rings. The van der Waals surface area contributed by atoms with Gasteiger partial charge in [-0.3, -0.25) is 9.59 Å². The summed E-state index contributed by atoms with van der Waals surface area (Å²) in [5, 5.41) is 5.60. The smallest absolute Gasteiger partial charge is 0.242 e. The van der Waals surface area contributed by atoms with Crippen molar-refractivity contribution in [2.24, 2.45) is 5.92 Å². The van der Waals surface area contributed by atoms with Crippen LogP contribution in [0.4, 0.5) is 0 Å². The SMILES string of the molecule is CN1CCC(CNC(=O)C2CCC(=O)N2)C1. The summed E-state index contributed by atoms with van der Waals surface area (Å²) in [6.45, 7) is 2.90. The zero-order chi connectivity index (χ0) is 11.5. The number of amides is 2. The van der Waals surface area contributed by atoms with E-state index in [4.69, 9.17) is 0 Å². The second kappa shape index (κ2) is 4.82. The Labute approximate surface area is 95.6 Å². The van der Waals surface area contributed by atoms with E-state index in [2.05, 4.69) is 22.6 Å². The molecule has 0 radical (unpaired) electrons. The van der Waals surface area contributed by atoms with E-state index in [0.29, 0.717) is 18.8 Å². The maximum absolute atomic E-state index is 11.7. The molecule has 0 bridgehead atoms. The van der Waals surface area contributed by atoms with Crippen molar-refractivity contribution in [2.45, 2.75) is 25.3 Å². The first-order valence-electron chi connectivity index (χ1n) is 5.91. The average molecular weight is 225 g/mol. The summed E-state index contributed by atoms with van der Waals surface area (Å²) < 4.78 is 0. The van der Waals surface area contributed by atoms with Gasteiger partial charge in [-0.05, 0) is 32.4 Å². The Bertz CT molecular complexity index is 293. The van der Waals surface area contributed by atoms with Gasteiger partial charge < -0.3 is 15.5 Å². The molecule has 16 heavy (non-hydrogen) atoms. The first-order chi connectivity index (χ1) is 7.65. The van der Waals surface area contributed by atoms with Crippen LogP contribution in [0.15, 0.2) is 0 Å². The van der Waals surface area contributed by atoms with Gasteiger partial charge in [0.15, 0.2) is 0 Å². The molecule has 0 aromatic rings. The fraction of sp³-hybridized carbons (Fsp3) is 0.818. The summed E-state index contributed by atoms with van der Waals surface area (Å²) in [5.74, 6) is 0.521. The second-order valence-electron chi connectivity index (χ2n) is 4.82. The highest BCUT2D eigenvalue weighted by Gasteiger charge is 2.28. The second-order valence-corrected chi connectivity index (χ2v) is 4.82. The molecule has 2 heterocycles. The molecule has 2 rings (SSSR count). The summed E-state index contributed by atoms with van der Waals surface area (Å²) in [6, 6.07) is -0.299. The van der Waals surface area contributed by atoms with E-state index in [1.807, 2.05) is 0 Å². The predicted molar refractivity (Wildman–Crippen MR) is 59.8 cm³/mol. The molecule has 2 atom stereocenters. The lowest BCUT2D eigenvalue weighted by molar-refractivity contribution is -0.125. The molecule has 90 valence electrons. The molecule has 2 unspecified atom stereocenters. The number of likely N-dealkylation sites (tertiary alicyclic amines) is 1.